The Bertz CT molecular complexity index is 399. The summed E-state index contributed by atoms with van der Waals surface area (Å²) in [5.74, 6) is 1.04. The maximum atomic E-state index is 12.0. The van der Waals surface area contributed by atoms with E-state index in [4.69, 9.17) is 4.74 Å². The van der Waals surface area contributed by atoms with Crippen molar-refractivity contribution in [1.29, 1.82) is 0 Å². The summed E-state index contributed by atoms with van der Waals surface area (Å²) in [6, 6.07) is 0. The molecular weight excluding hydrogens is 360 g/mol. The van der Waals surface area contributed by atoms with E-state index in [1.165, 1.54) is 51.4 Å². The van der Waals surface area contributed by atoms with Crippen molar-refractivity contribution in [3.8, 4) is 0 Å². The van der Waals surface area contributed by atoms with Gasteiger partial charge in [-0.1, -0.05) is 105 Å². The lowest BCUT2D eigenvalue weighted by Crippen LogP contribution is -2.19. The number of Topliss-reactive ketones (excluding diaryl/α,β-unsaturated/α-hetero) is 1. The lowest BCUT2D eigenvalue weighted by atomic mass is 9.88. The Labute approximate surface area is 181 Å². The van der Waals surface area contributed by atoms with Gasteiger partial charge in [-0.3, -0.25) is 9.59 Å². The quantitative estimate of drug-likeness (QED) is 0.160. The molecule has 0 atom stereocenters. The van der Waals surface area contributed by atoms with Crippen LogP contribution in [0, 0.1) is 11.3 Å². The Morgan fingerprint density at radius 2 is 1.21 bits per heavy atom. The van der Waals surface area contributed by atoms with Crippen LogP contribution in [0.15, 0.2) is 0 Å². The zero-order valence-corrected chi connectivity index (χ0v) is 20.3. The summed E-state index contributed by atoms with van der Waals surface area (Å²) in [5.41, 5.74) is -0.214. The topological polar surface area (TPSA) is 43.4 Å². The maximum Gasteiger partial charge on any atom is 0.305 e. The minimum atomic E-state index is -0.214. The molecule has 0 rings (SSSR count). The van der Waals surface area contributed by atoms with Crippen molar-refractivity contribution < 1.29 is 14.3 Å². The van der Waals surface area contributed by atoms with Gasteiger partial charge in [0.25, 0.3) is 0 Å². The lowest BCUT2D eigenvalue weighted by Gasteiger charge is -2.17. The van der Waals surface area contributed by atoms with Crippen LogP contribution in [0.2, 0.25) is 0 Å². The highest BCUT2D eigenvalue weighted by Crippen LogP contribution is 2.21. The molecule has 0 aromatic carbocycles. The fourth-order valence-corrected chi connectivity index (χ4v) is 3.67. The third-order valence-electron chi connectivity index (χ3n) is 5.84. The second-order valence-electron chi connectivity index (χ2n) is 9.81. The smallest absolute Gasteiger partial charge is 0.305 e. The maximum absolute atomic E-state index is 12.0. The fraction of sp³-hybridized carbons (Fsp3) is 0.923. The van der Waals surface area contributed by atoms with E-state index in [-0.39, 0.29) is 11.4 Å². The van der Waals surface area contributed by atoms with Crippen molar-refractivity contribution in [1.82, 2.24) is 0 Å². The van der Waals surface area contributed by atoms with Gasteiger partial charge in [0.1, 0.15) is 5.78 Å². The van der Waals surface area contributed by atoms with Crippen molar-refractivity contribution in [3.63, 3.8) is 0 Å². The number of hydrogen-bond acceptors (Lipinski definition) is 3. The molecule has 172 valence electrons. The third kappa shape index (κ3) is 17.7. The van der Waals surface area contributed by atoms with Gasteiger partial charge in [-0.05, 0) is 25.2 Å². The fourth-order valence-electron chi connectivity index (χ4n) is 3.67. The van der Waals surface area contributed by atoms with Gasteiger partial charge in [-0.2, -0.15) is 0 Å². The van der Waals surface area contributed by atoms with E-state index in [0.29, 0.717) is 25.2 Å². The first-order valence-corrected chi connectivity index (χ1v) is 12.5. The van der Waals surface area contributed by atoms with Crippen molar-refractivity contribution in [2.45, 2.75) is 137 Å². The van der Waals surface area contributed by atoms with Gasteiger partial charge in [-0.25, -0.2) is 0 Å². The molecule has 0 spiro atoms. The molecule has 3 nitrogen and oxygen atoms in total. The third-order valence-corrected chi connectivity index (χ3v) is 5.84. The van der Waals surface area contributed by atoms with Gasteiger partial charge in [-0.15, -0.1) is 0 Å². The van der Waals surface area contributed by atoms with Crippen LogP contribution in [-0.2, 0) is 14.3 Å². The molecule has 0 unspecified atom stereocenters. The van der Waals surface area contributed by atoms with Crippen LogP contribution < -0.4 is 0 Å². The zero-order valence-electron chi connectivity index (χ0n) is 20.3. The molecule has 0 aliphatic heterocycles. The SMILES string of the molecule is CCCCCC(CCCCC)CCOC(=O)CCCCCCCC(=O)C(C)(C)C. The molecule has 0 aromatic rings. The van der Waals surface area contributed by atoms with Crippen LogP contribution in [0.1, 0.15) is 137 Å². The van der Waals surface area contributed by atoms with Gasteiger partial charge in [0.05, 0.1) is 6.61 Å². The minimum absolute atomic E-state index is 0.0335. The second-order valence-corrected chi connectivity index (χ2v) is 9.81. The first-order chi connectivity index (χ1) is 13.8. The van der Waals surface area contributed by atoms with Gasteiger partial charge in [0, 0.05) is 18.3 Å². The Hall–Kier alpha value is -0.860. The molecular formula is C26H50O3. The van der Waals surface area contributed by atoms with Crippen LogP contribution in [0.5, 0.6) is 0 Å². The monoisotopic (exact) mass is 410 g/mol. The number of unbranched alkanes of at least 4 members (excludes halogenated alkanes) is 8. The van der Waals surface area contributed by atoms with E-state index >= 15 is 0 Å². The zero-order chi connectivity index (χ0) is 22.0. The molecule has 0 aliphatic carbocycles. The summed E-state index contributed by atoms with van der Waals surface area (Å²) in [4.78, 5) is 23.8. The predicted molar refractivity (Wildman–Crippen MR) is 124 cm³/mol. The Morgan fingerprint density at radius 3 is 1.72 bits per heavy atom. The summed E-state index contributed by atoms with van der Waals surface area (Å²) in [5, 5.41) is 0. The highest BCUT2D eigenvalue weighted by molar-refractivity contribution is 5.83. The molecule has 3 heteroatoms. The molecule has 0 radical (unpaired) electrons. The molecule has 0 saturated carbocycles. The van der Waals surface area contributed by atoms with Crippen molar-refractivity contribution in [2.24, 2.45) is 11.3 Å². The molecule has 0 heterocycles. The summed E-state index contributed by atoms with van der Waals surface area (Å²) in [7, 11) is 0. The van der Waals surface area contributed by atoms with Crippen LogP contribution in [0.4, 0.5) is 0 Å². The standard InChI is InChI=1S/C26H50O3/c1-6-8-13-17-23(18-14-9-7-2)21-22-29-25(28)20-16-12-10-11-15-19-24(27)26(3,4)5/h23H,6-22H2,1-5H3. The molecule has 0 aromatic heterocycles. The number of rotatable bonds is 19. The van der Waals surface area contributed by atoms with E-state index in [1.807, 2.05) is 20.8 Å². The van der Waals surface area contributed by atoms with Crippen molar-refractivity contribution in [3.05, 3.63) is 0 Å². The first-order valence-electron chi connectivity index (χ1n) is 12.5. The number of carbonyl (C=O) groups is 2. The summed E-state index contributed by atoms with van der Waals surface area (Å²) >= 11 is 0. The van der Waals surface area contributed by atoms with E-state index in [1.54, 1.807) is 0 Å². The van der Waals surface area contributed by atoms with E-state index in [9.17, 15) is 9.59 Å². The molecule has 29 heavy (non-hydrogen) atoms. The number of ketones is 1. The average molecular weight is 411 g/mol. The second kappa shape index (κ2) is 18.0. The van der Waals surface area contributed by atoms with Crippen molar-refractivity contribution in [2.75, 3.05) is 6.61 Å². The number of ether oxygens (including phenoxy) is 1. The van der Waals surface area contributed by atoms with Crippen LogP contribution in [0.3, 0.4) is 0 Å². The molecule has 0 saturated heterocycles. The minimum Gasteiger partial charge on any atom is -0.466 e. The molecule has 0 N–H and O–H groups in total. The van der Waals surface area contributed by atoms with Crippen LogP contribution >= 0.6 is 0 Å². The summed E-state index contributed by atoms with van der Waals surface area (Å²) in [6.07, 6.45) is 17.7. The van der Waals surface area contributed by atoms with Crippen molar-refractivity contribution >= 4 is 11.8 Å². The largest absolute Gasteiger partial charge is 0.466 e. The Balaban J connectivity index is 3.75. The van der Waals surface area contributed by atoms with E-state index in [0.717, 1.165) is 44.4 Å². The predicted octanol–water partition coefficient (Wildman–Crippen LogP) is 8.04. The summed E-state index contributed by atoms with van der Waals surface area (Å²) < 4.78 is 5.50. The first kappa shape index (κ1) is 28.1. The Kier molecular flexibility index (Phi) is 17.4. The number of esters is 1. The highest BCUT2D eigenvalue weighted by atomic mass is 16.5. The van der Waals surface area contributed by atoms with E-state index < -0.39 is 0 Å². The number of carbonyl (C=O) groups excluding carboxylic acids is 2. The summed E-state index contributed by atoms with van der Waals surface area (Å²) in [6.45, 7) is 11.0. The highest BCUT2D eigenvalue weighted by Gasteiger charge is 2.19. The van der Waals surface area contributed by atoms with Crippen LogP contribution in [0.25, 0.3) is 0 Å². The van der Waals surface area contributed by atoms with Gasteiger partial charge in [0.15, 0.2) is 0 Å². The van der Waals surface area contributed by atoms with Gasteiger partial charge >= 0.3 is 5.97 Å². The van der Waals surface area contributed by atoms with Gasteiger partial charge < -0.3 is 4.74 Å². The molecule has 0 amide bonds. The molecule has 0 aliphatic rings. The number of hydrogen-bond donors (Lipinski definition) is 0. The van der Waals surface area contributed by atoms with Crippen LogP contribution in [-0.4, -0.2) is 18.4 Å². The normalized spacial score (nSPS) is 11.8. The van der Waals surface area contributed by atoms with Gasteiger partial charge in [0.2, 0.25) is 0 Å². The lowest BCUT2D eigenvalue weighted by molar-refractivity contribution is -0.144. The Morgan fingerprint density at radius 1 is 0.690 bits per heavy atom. The average Bonchev–Trinajstić information content (AvgIpc) is 2.66. The molecule has 0 bridgehead atoms. The van der Waals surface area contributed by atoms with E-state index in [2.05, 4.69) is 13.8 Å². The molecule has 0 fully saturated rings.